The molecule has 2 aliphatic rings. The molecule has 0 aliphatic carbocycles. The van der Waals surface area contributed by atoms with E-state index in [-0.39, 0.29) is 29.5 Å². The van der Waals surface area contributed by atoms with Gasteiger partial charge in [0.1, 0.15) is 0 Å². The van der Waals surface area contributed by atoms with E-state index in [0.717, 1.165) is 22.6 Å². The average Bonchev–Trinajstić information content (AvgIpc) is 3.42. The molecule has 4 amide bonds. The van der Waals surface area contributed by atoms with Gasteiger partial charge in [0.05, 0.1) is 11.6 Å². The molecule has 1 atom stereocenters. The zero-order valence-corrected chi connectivity index (χ0v) is 18.2. The van der Waals surface area contributed by atoms with Crippen LogP contribution in [0.1, 0.15) is 60.6 Å². The van der Waals surface area contributed by atoms with Crippen molar-refractivity contribution < 1.29 is 19.2 Å². The van der Waals surface area contributed by atoms with E-state index < -0.39 is 0 Å². The number of carbonyl (C=O) groups excluding carboxylic acids is 4. The van der Waals surface area contributed by atoms with Gasteiger partial charge in [-0.2, -0.15) is 5.10 Å². The molecule has 9 heteroatoms. The second-order valence-corrected chi connectivity index (χ2v) is 9.03. The van der Waals surface area contributed by atoms with Crippen molar-refractivity contribution in [2.75, 3.05) is 13.1 Å². The van der Waals surface area contributed by atoms with Crippen LogP contribution in [0.3, 0.4) is 0 Å². The Balaban J connectivity index is 1.33. The van der Waals surface area contributed by atoms with Crippen molar-refractivity contribution in [1.29, 1.82) is 0 Å². The van der Waals surface area contributed by atoms with Crippen LogP contribution in [0.5, 0.6) is 0 Å². The molecule has 164 valence electrons. The lowest BCUT2D eigenvalue weighted by Gasteiger charge is -2.30. The molecule has 2 fully saturated rings. The van der Waals surface area contributed by atoms with Gasteiger partial charge in [0, 0.05) is 49.8 Å². The molecule has 2 aromatic rings. The molecule has 4 rings (SSSR count). The van der Waals surface area contributed by atoms with E-state index in [2.05, 4.69) is 10.2 Å². The molecule has 4 heterocycles. The Labute approximate surface area is 184 Å². The lowest BCUT2D eigenvalue weighted by molar-refractivity contribution is -0.150. The van der Waals surface area contributed by atoms with Crippen LogP contribution in [0.15, 0.2) is 23.7 Å². The molecular weight excluding hydrogens is 416 g/mol. The van der Waals surface area contributed by atoms with Gasteiger partial charge in [-0.05, 0) is 48.8 Å². The summed E-state index contributed by atoms with van der Waals surface area (Å²) in [5.74, 6) is -0.707. The van der Waals surface area contributed by atoms with Gasteiger partial charge in [-0.15, -0.1) is 11.3 Å². The van der Waals surface area contributed by atoms with E-state index >= 15 is 0 Å². The van der Waals surface area contributed by atoms with Crippen molar-refractivity contribution in [2.24, 2.45) is 0 Å². The second-order valence-electron chi connectivity index (χ2n) is 8.03. The number of aromatic nitrogens is 2. The number of thiophene rings is 1. The van der Waals surface area contributed by atoms with E-state index in [4.69, 9.17) is 0 Å². The number of amides is 4. The number of carbonyl (C=O) groups is 4. The van der Waals surface area contributed by atoms with Crippen LogP contribution in [0.2, 0.25) is 0 Å². The number of nitrogens with zero attached hydrogens (tertiary/aromatic N) is 3. The lowest BCUT2D eigenvalue weighted by atomic mass is 9.90. The molecule has 1 N–H and O–H groups in total. The fourth-order valence-corrected chi connectivity index (χ4v) is 5.20. The minimum Gasteiger partial charge on any atom is -0.285 e. The fraction of sp³-hybridized carbons (Fsp3) is 0.500. The minimum absolute atomic E-state index is 0.0736. The minimum atomic E-state index is -0.299. The number of hydrogen-bond donors (Lipinski definition) is 1. The molecule has 2 saturated heterocycles. The molecule has 0 aromatic carbocycles. The highest BCUT2D eigenvalue weighted by molar-refractivity contribution is 7.10. The molecule has 0 bridgehead atoms. The van der Waals surface area contributed by atoms with Crippen LogP contribution >= 0.6 is 11.3 Å². The first-order valence-electron chi connectivity index (χ1n) is 10.8. The maximum atomic E-state index is 13.0. The van der Waals surface area contributed by atoms with Crippen LogP contribution in [0.4, 0.5) is 0 Å². The summed E-state index contributed by atoms with van der Waals surface area (Å²) in [4.78, 5) is 53.0. The molecule has 31 heavy (non-hydrogen) atoms. The first-order valence-corrected chi connectivity index (χ1v) is 11.6. The topological polar surface area (TPSA) is 103 Å². The zero-order valence-electron chi connectivity index (χ0n) is 17.3. The SMILES string of the molecule is O=C1CCCC(=O)N1CCCc1cc(C2CCC(=O)N(CCc3cc[nH]n3)C2=O)cs1. The Kier molecular flexibility index (Phi) is 6.60. The van der Waals surface area contributed by atoms with Gasteiger partial charge in [0.2, 0.25) is 23.6 Å². The highest BCUT2D eigenvalue weighted by atomic mass is 32.1. The standard InChI is InChI=1S/C22H26N4O4S/c27-19-4-1-5-20(28)25(19)11-2-3-17-13-15(14-31-17)18-6-7-21(29)26(22(18)30)12-9-16-8-10-23-24-16/h8,10,13-14,18H,1-7,9,11-12H2,(H,23,24). The number of piperidine rings is 2. The normalized spacial score (nSPS) is 20.1. The summed E-state index contributed by atoms with van der Waals surface area (Å²) in [7, 11) is 0. The molecule has 8 nitrogen and oxygen atoms in total. The lowest BCUT2D eigenvalue weighted by Crippen LogP contribution is -2.45. The zero-order chi connectivity index (χ0) is 21.8. The Bertz CT molecular complexity index is 952. The van der Waals surface area contributed by atoms with Gasteiger partial charge in [-0.1, -0.05) is 0 Å². The molecule has 1 unspecified atom stereocenters. The molecule has 2 aromatic heterocycles. The smallest absolute Gasteiger partial charge is 0.236 e. The summed E-state index contributed by atoms with van der Waals surface area (Å²) < 4.78 is 0. The summed E-state index contributed by atoms with van der Waals surface area (Å²) in [5, 5.41) is 8.82. The number of H-pyrrole nitrogens is 1. The van der Waals surface area contributed by atoms with Crippen LogP contribution in [0.25, 0.3) is 0 Å². The van der Waals surface area contributed by atoms with Crippen molar-refractivity contribution in [3.05, 3.63) is 39.8 Å². The third kappa shape index (κ3) is 4.92. The maximum absolute atomic E-state index is 13.0. The van der Waals surface area contributed by atoms with Gasteiger partial charge in [0.15, 0.2) is 0 Å². The van der Waals surface area contributed by atoms with Crippen LogP contribution < -0.4 is 0 Å². The van der Waals surface area contributed by atoms with Crippen molar-refractivity contribution in [3.8, 4) is 0 Å². The molecule has 2 aliphatic heterocycles. The van der Waals surface area contributed by atoms with Crippen LogP contribution in [-0.4, -0.2) is 56.7 Å². The summed E-state index contributed by atoms with van der Waals surface area (Å²) in [6.45, 7) is 0.788. The number of aryl methyl sites for hydroxylation is 1. The number of rotatable bonds is 8. The van der Waals surface area contributed by atoms with E-state index in [1.54, 1.807) is 17.5 Å². The summed E-state index contributed by atoms with van der Waals surface area (Å²) in [5.41, 5.74) is 1.78. The summed E-state index contributed by atoms with van der Waals surface area (Å²) in [6, 6.07) is 3.88. The molecule has 0 radical (unpaired) electrons. The Morgan fingerprint density at radius 3 is 2.52 bits per heavy atom. The number of nitrogens with one attached hydrogen (secondary N) is 1. The quantitative estimate of drug-likeness (QED) is 0.633. The predicted molar refractivity (Wildman–Crippen MR) is 114 cm³/mol. The van der Waals surface area contributed by atoms with Gasteiger partial charge < -0.3 is 0 Å². The largest absolute Gasteiger partial charge is 0.285 e. The maximum Gasteiger partial charge on any atom is 0.236 e. The van der Waals surface area contributed by atoms with E-state index in [0.29, 0.717) is 58.0 Å². The average molecular weight is 443 g/mol. The molecular formula is C22H26N4O4S. The Morgan fingerprint density at radius 1 is 1.00 bits per heavy atom. The third-order valence-corrected chi connectivity index (χ3v) is 6.94. The van der Waals surface area contributed by atoms with Crippen molar-refractivity contribution >= 4 is 35.0 Å². The third-order valence-electron chi connectivity index (χ3n) is 5.93. The molecule has 0 saturated carbocycles. The number of hydrogen-bond acceptors (Lipinski definition) is 6. The van der Waals surface area contributed by atoms with Gasteiger partial charge in [-0.25, -0.2) is 0 Å². The fourth-order valence-electron chi connectivity index (χ4n) is 4.21. The van der Waals surface area contributed by atoms with Crippen LogP contribution in [0, 0.1) is 0 Å². The number of imide groups is 2. The van der Waals surface area contributed by atoms with Crippen LogP contribution in [-0.2, 0) is 32.0 Å². The predicted octanol–water partition coefficient (Wildman–Crippen LogP) is 2.42. The first-order chi connectivity index (χ1) is 15.0. The molecule has 0 spiro atoms. The van der Waals surface area contributed by atoms with Crippen molar-refractivity contribution in [3.63, 3.8) is 0 Å². The van der Waals surface area contributed by atoms with Gasteiger partial charge >= 0.3 is 0 Å². The monoisotopic (exact) mass is 442 g/mol. The second kappa shape index (κ2) is 9.55. The Hall–Kier alpha value is -2.81. The summed E-state index contributed by atoms with van der Waals surface area (Å²) in [6.07, 6.45) is 6.18. The van der Waals surface area contributed by atoms with E-state index in [9.17, 15) is 19.2 Å². The van der Waals surface area contributed by atoms with E-state index in [1.165, 1.54) is 9.80 Å². The first kappa shape index (κ1) is 21.4. The van der Waals surface area contributed by atoms with Gasteiger partial charge in [-0.3, -0.25) is 34.1 Å². The van der Waals surface area contributed by atoms with E-state index in [1.807, 2.05) is 17.5 Å². The van der Waals surface area contributed by atoms with Gasteiger partial charge in [0.25, 0.3) is 0 Å². The number of aromatic amines is 1. The highest BCUT2D eigenvalue weighted by Crippen LogP contribution is 2.32. The van der Waals surface area contributed by atoms with Crippen molar-refractivity contribution in [1.82, 2.24) is 20.0 Å². The Morgan fingerprint density at radius 2 is 1.77 bits per heavy atom. The highest BCUT2D eigenvalue weighted by Gasteiger charge is 2.35. The number of likely N-dealkylation sites (tertiary alicyclic amines) is 2. The van der Waals surface area contributed by atoms with Crippen molar-refractivity contribution in [2.45, 2.75) is 57.3 Å². The summed E-state index contributed by atoms with van der Waals surface area (Å²) >= 11 is 1.59.